The van der Waals surface area contributed by atoms with Gasteiger partial charge >= 0.3 is 5.69 Å². The van der Waals surface area contributed by atoms with Crippen LogP contribution in [0.25, 0.3) is 4.98 Å². The zero-order valence-corrected chi connectivity index (χ0v) is 12.3. The molecule has 1 unspecified atom stereocenters. The quantitative estimate of drug-likeness (QED) is 0.736. The van der Waals surface area contributed by atoms with E-state index in [9.17, 15) is 4.79 Å². The summed E-state index contributed by atoms with van der Waals surface area (Å²) in [4.78, 5) is 16.5. The predicted octanol–water partition coefficient (Wildman–Crippen LogP) is 1.35. The van der Waals surface area contributed by atoms with Gasteiger partial charge < -0.3 is 16.0 Å². The number of primary amides is 1. The standard InChI is InChI=1S/C14H21N5O/c1-17-11(6-7-19(2)3)8-10-4-5-13(18-16)12(9-10)14(15)20/h4-5,9,11,17H,6-8H2,1-3H3,(H-,15,20)/p+1. The van der Waals surface area contributed by atoms with E-state index in [0.29, 0.717) is 6.04 Å². The van der Waals surface area contributed by atoms with E-state index < -0.39 is 5.91 Å². The molecule has 20 heavy (non-hydrogen) atoms. The summed E-state index contributed by atoms with van der Waals surface area (Å²) >= 11 is 0. The van der Waals surface area contributed by atoms with E-state index in [1.165, 1.54) is 0 Å². The minimum atomic E-state index is -0.589. The molecule has 1 rings (SSSR count). The Hall–Kier alpha value is -1.97. The van der Waals surface area contributed by atoms with Crippen molar-refractivity contribution in [3.63, 3.8) is 0 Å². The lowest BCUT2D eigenvalue weighted by Gasteiger charge is -2.18. The predicted molar refractivity (Wildman–Crippen MR) is 79.4 cm³/mol. The van der Waals surface area contributed by atoms with Crippen LogP contribution in [0, 0.1) is 5.39 Å². The van der Waals surface area contributed by atoms with Crippen LogP contribution >= 0.6 is 0 Å². The fraction of sp³-hybridized carbons (Fsp3) is 0.500. The number of rotatable bonds is 7. The molecule has 0 aliphatic heterocycles. The number of carbonyl (C=O) groups excluding carboxylic acids is 1. The third kappa shape index (κ3) is 4.61. The van der Waals surface area contributed by atoms with Gasteiger partial charge in [-0.15, -0.1) is 0 Å². The molecular weight excluding hydrogens is 254 g/mol. The lowest BCUT2D eigenvalue weighted by atomic mass is 10.00. The third-order valence-corrected chi connectivity index (χ3v) is 3.25. The second kappa shape index (κ2) is 7.58. The molecule has 0 fully saturated rings. The van der Waals surface area contributed by atoms with Gasteiger partial charge in [0.25, 0.3) is 5.91 Å². The Morgan fingerprint density at radius 2 is 2.20 bits per heavy atom. The molecule has 0 heterocycles. The van der Waals surface area contributed by atoms with E-state index >= 15 is 0 Å². The highest BCUT2D eigenvalue weighted by Crippen LogP contribution is 2.21. The number of likely N-dealkylation sites (N-methyl/N-ethyl adjacent to an activating group) is 1. The summed E-state index contributed by atoms with van der Waals surface area (Å²) < 4.78 is 0. The largest absolute Gasteiger partial charge is 0.397 e. The van der Waals surface area contributed by atoms with Crippen LogP contribution in [0.2, 0.25) is 0 Å². The molecule has 6 heteroatoms. The highest BCUT2D eigenvalue weighted by Gasteiger charge is 2.19. The molecule has 1 aromatic carbocycles. The molecule has 0 saturated heterocycles. The third-order valence-electron chi connectivity index (χ3n) is 3.25. The molecular formula is C14H22N5O+. The molecule has 0 bridgehead atoms. The van der Waals surface area contributed by atoms with E-state index in [-0.39, 0.29) is 11.3 Å². The zero-order valence-electron chi connectivity index (χ0n) is 12.3. The summed E-state index contributed by atoms with van der Waals surface area (Å²) in [5, 5.41) is 12.1. The second-order valence-corrected chi connectivity index (χ2v) is 5.10. The zero-order chi connectivity index (χ0) is 15.1. The molecule has 1 aromatic rings. The van der Waals surface area contributed by atoms with Crippen molar-refractivity contribution in [3.05, 3.63) is 34.3 Å². The van der Waals surface area contributed by atoms with E-state index in [0.717, 1.165) is 24.9 Å². The van der Waals surface area contributed by atoms with Crippen LogP contribution in [0.5, 0.6) is 0 Å². The molecule has 1 atom stereocenters. The molecule has 0 radical (unpaired) electrons. The first-order valence-electron chi connectivity index (χ1n) is 6.57. The van der Waals surface area contributed by atoms with Crippen molar-refractivity contribution in [2.45, 2.75) is 18.9 Å². The average molecular weight is 276 g/mol. The maximum Gasteiger partial charge on any atom is 0.397 e. The second-order valence-electron chi connectivity index (χ2n) is 5.10. The van der Waals surface area contributed by atoms with Crippen molar-refractivity contribution in [3.8, 4) is 0 Å². The van der Waals surface area contributed by atoms with Gasteiger partial charge in [-0.05, 0) is 52.2 Å². The Bertz CT molecular complexity index is 507. The molecule has 3 N–H and O–H groups in total. The number of hydrogen-bond acceptors (Lipinski definition) is 4. The lowest BCUT2D eigenvalue weighted by Crippen LogP contribution is -2.31. The summed E-state index contributed by atoms with van der Waals surface area (Å²) in [6.45, 7) is 0.984. The topological polar surface area (TPSA) is 86.5 Å². The summed E-state index contributed by atoms with van der Waals surface area (Å²) in [7, 11) is 6.00. The Kier molecular flexibility index (Phi) is 6.10. The van der Waals surface area contributed by atoms with Gasteiger partial charge in [-0.1, -0.05) is 6.07 Å². The van der Waals surface area contributed by atoms with Crippen molar-refractivity contribution in [1.29, 1.82) is 5.39 Å². The maximum atomic E-state index is 11.3. The molecule has 0 spiro atoms. The van der Waals surface area contributed by atoms with Gasteiger partial charge in [-0.3, -0.25) is 4.79 Å². The first kappa shape index (κ1) is 16.1. The Balaban J connectivity index is 2.84. The SMILES string of the molecule is CNC(CCN(C)C)Cc1ccc([N+]#N)c(C(N)=O)c1. The Labute approximate surface area is 119 Å². The van der Waals surface area contributed by atoms with Crippen molar-refractivity contribution in [2.24, 2.45) is 5.73 Å². The molecule has 0 aliphatic rings. The first-order valence-corrected chi connectivity index (χ1v) is 6.57. The minimum absolute atomic E-state index is 0.204. The van der Waals surface area contributed by atoms with Gasteiger partial charge in [0, 0.05) is 12.1 Å². The van der Waals surface area contributed by atoms with Crippen LogP contribution in [0.15, 0.2) is 18.2 Å². The Morgan fingerprint density at radius 3 is 2.70 bits per heavy atom. The average Bonchev–Trinajstić information content (AvgIpc) is 2.42. The first-order chi connectivity index (χ1) is 9.47. The van der Waals surface area contributed by atoms with Crippen LogP contribution in [0.1, 0.15) is 22.3 Å². The summed E-state index contributed by atoms with van der Waals surface area (Å²) in [6.07, 6.45) is 1.79. The van der Waals surface area contributed by atoms with Crippen molar-refractivity contribution in [1.82, 2.24) is 10.2 Å². The Morgan fingerprint density at radius 1 is 1.50 bits per heavy atom. The highest BCUT2D eigenvalue weighted by molar-refractivity contribution is 5.98. The van der Waals surface area contributed by atoms with Gasteiger partial charge in [-0.2, -0.15) is 0 Å². The molecule has 0 aromatic heterocycles. The lowest BCUT2D eigenvalue weighted by molar-refractivity contribution is 0.100. The van der Waals surface area contributed by atoms with Gasteiger partial charge in [0.2, 0.25) is 5.39 Å². The number of amides is 1. The van der Waals surface area contributed by atoms with Gasteiger partial charge in [0.15, 0.2) is 4.98 Å². The smallest absolute Gasteiger partial charge is 0.365 e. The van der Waals surface area contributed by atoms with Crippen molar-refractivity contribution < 1.29 is 4.79 Å². The number of benzene rings is 1. The normalized spacial score (nSPS) is 12.2. The van der Waals surface area contributed by atoms with Crippen LogP contribution in [0.3, 0.4) is 0 Å². The van der Waals surface area contributed by atoms with Crippen LogP contribution in [0.4, 0.5) is 5.69 Å². The molecule has 6 nitrogen and oxygen atoms in total. The number of nitrogens with one attached hydrogen (secondary N) is 1. The minimum Gasteiger partial charge on any atom is -0.365 e. The highest BCUT2D eigenvalue weighted by atomic mass is 16.1. The fourth-order valence-electron chi connectivity index (χ4n) is 2.04. The van der Waals surface area contributed by atoms with E-state index in [2.05, 4.69) is 15.2 Å². The number of carbonyl (C=O) groups is 1. The molecule has 1 amide bonds. The number of nitrogens with zero attached hydrogens (tertiary/aromatic N) is 3. The van der Waals surface area contributed by atoms with Gasteiger partial charge in [-0.25, -0.2) is 0 Å². The van der Waals surface area contributed by atoms with Crippen LogP contribution < -0.4 is 11.1 Å². The molecule has 0 saturated carbocycles. The van der Waals surface area contributed by atoms with E-state index in [4.69, 9.17) is 11.1 Å². The number of diazo groups is 1. The van der Waals surface area contributed by atoms with Gasteiger partial charge in [0.1, 0.15) is 5.56 Å². The van der Waals surface area contributed by atoms with Crippen LogP contribution in [-0.2, 0) is 6.42 Å². The molecule has 0 aliphatic carbocycles. The van der Waals surface area contributed by atoms with Crippen LogP contribution in [-0.4, -0.2) is 44.5 Å². The number of hydrogen-bond donors (Lipinski definition) is 2. The maximum absolute atomic E-state index is 11.3. The summed E-state index contributed by atoms with van der Waals surface area (Å²) in [5.41, 5.74) is 6.73. The van der Waals surface area contributed by atoms with E-state index in [1.54, 1.807) is 12.1 Å². The van der Waals surface area contributed by atoms with Crippen molar-refractivity contribution >= 4 is 11.6 Å². The monoisotopic (exact) mass is 276 g/mol. The molecule has 108 valence electrons. The van der Waals surface area contributed by atoms with E-state index in [1.807, 2.05) is 27.2 Å². The van der Waals surface area contributed by atoms with Gasteiger partial charge in [0.05, 0.1) is 0 Å². The summed E-state index contributed by atoms with van der Waals surface area (Å²) in [5.74, 6) is -0.589. The summed E-state index contributed by atoms with van der Waals surface area (Å²) in [6, 6.07) is 5.46. The number of nitrogens with two attached hydrogens (primary N) is 1. The van der Waals surface area contributed by atoms with Crippen molar-refractivity contribution in [2.75, 3.05) is 27.7 Å². The fourth-order valence-corrected chi connectivity index (χ4v) is 2.04.